The Balaban J connectivity index is 1.71. The molecule has 3 rings (SSSR count). The molecule has 2 unspecified atom stereocenters. The zero-order valence-corrected chi connectivity index (χ0v) is 12.2. The summed E-state index contributed by atoms with van der Waals surface area (Å²) in [6.07, 6.45) is 0.253. The summed E-state index contributed by atoms with van der Waals surface area (Å²) in [5.41, 5.74) is 1.51. The van der Waals surface area contributed by atoms with Gasteiger partial charge in [0.1, 0.15) is 5.75 Å². The fourth-order valence-electron chi connectivity index (χ4n) is 3.21. The van der Waals surface area contributed by atoms with Gasteiger partial charge >= 0.3 is 5.97 Å². The fraction of sp³-hybridized carbons (Fsp3) is 0.500. The lowest BCUT2D eigenvalue weighted by atomic mass is 10.0. The molecule has 1 aromatic carbocycles. The first kappa shape index (κ1) is 14.8. The number of hydrogen-bond donors (Lipinski definition) is 2. The molecule has 2 N–H and O–H groups in total. The van der Waals surface area contributed by atoms with E-state index in [2.05, 4.69) is 0 Å². The van der Waals surface area contributed by atoms with Crippen molar-refractivity contribution in [3.8, 4) is 5.75 Å². The number of hydrogen-bond acceptors (Lipinski definition) is 4. The predicted molar refractivity (Wildman–Crippen MR) is 77.5 cm³/mol. The van der Waals surface area contributed by atoms with Gasteiger partial charge in [0.2, 0.25) is 0 Å². The number of rotatable bonds is 4. The van der Waals surface area contributed by atoms with E-state index in [0.29, 0.717) is 37.4 Å². The Morgan fingerprint density at radius 2 is 2.23 bits per heavy atom. The van der Waals surface area contributed by atoms with Gasteiger partial charge in [0.25, 0.3) is 5.91 Å². The monoisotopic (exact) mass is 305 g/mol. The fourth-order valence-corrected chi connectivity index (χ4v) is 3.21. The summed E-state index contributed by atoms with van der Waals surface area (Å²) in [5, 5.41) is 19.2. The summed E-state index contributed by atoms with van der Waals surface area (Å²) in [5.74, 6) is -0.651. The molecule has 2 atom stereocenters. The van der Waals surface area contributed by atoms with Crippen LogP contribution in [0.3, 0.4) is 0 Å². The number of aliphatic carboxylic acids is 1. The molecular formula is C16H19NO5. The van der Waals surface area contributed by atoms with Crippen LogP contribution in [0.5, 0.6) is 5.75 Å². The van der Waals surface area contributed by atoms with E-state index in [9.17, 15) is 14.7 Å². The van der Waals surface area contributed by atoms with Crippen molar-refractivity contribution < 1.29 is 24.5 Å². The summed E-state index contributed by atoms with van der Waals surface area (Å²) in [7, 11) is 0. The minimum Gasteiger partial charge on any atom is -0.493 e. The first-order chi connectivity index (χ1) is 10.6. The third-order valence-electron chi connectivity index (χ3n) is 4.33. The van der Waals surface area contributed by atoms with Gasteiger partial charge in [-0.3, -0.25) is 9.59 Å². The standard InChI is InChI=1S/C16H19NO5/c18-13(19)8-10-4-6-17(9-10)16(21)14(20)12-3-1-2-11-5-7-22-15(11)12/h1-3,10,14,20H,4-9H2,(H,18,19). The van der Waals surface area contributed by atoms with Crippen LogP contribution in [0.2, 0.25) is 0 Å². The van der Waals surface area contributed by atoms with E-state index in [1.807, 2.05) is 12.1 Å². The second kappa shape index (κ2) is 5.96. The van der Waals surface area contributed by atoms with E-state index in [4.69, 9.17) is 9.84 Å². The maximum absolute atomic E-state index is 12.4. The number of carbonyl (C=O) groups excluding carboxylic acids is 1. The number of nitrogens with zero attached hydrogens (tertiary/aromatic N) is 1. The molecule has 2 aliphatic rings. The van der Waals surface area contributed by atoms with Crippen LogP contribution >= 0.6 is 0 Å². The molecule has 2 heterocycles. The van der Waals surface area contributed by atoms with E-state index in [-0.39, 0.29) is 18.2 Å². The highest BCUT2D eigenvalue weighted by Gasteiger charge is 2.33. The number of aliphatic hydroxyl groups excluding tert-OH is 1. The van der Waals surface area contributed by atoms with Crippen LogP contribution in [0.4, 0.5) is 0 Å². The van der Waals surface area contributed by atoms with Gasteiger partial charge in [0.15, 0.2) is 6.10 Å². The molecule has 1 saturated heterocycles. The van der Waals surface area contributed by atoms with E-state index in [0.717, 1.165) is 12.0 Å². The molecular weight excluding hydrogens is 286 g/mol. The Kier molecular flexibility index (Phi) is 4.02. The first-order valence-corrected chi connectivity index (χ1v) is 7.49. The minimum atomic E-state index is -1.25. The molecule has 22 heavy (non-hydrogen) atoms. The summed E-state index contributed by atoms with van der Waals surface area (Å²) in [6.45, 7) is 1.44. The summed E-state index contributed by atoms with van der Waals surface area (Å²) < 4.78 is 5.53. The van der Waals surface area contributed by atoms with Crippen LogP contribution in [0.1, 0.15) is 30.1 Å². The van der Waals surface area contributed by atoms with E-state index < -0.39 is 12.1 Å². The number of aliphatic hydroxyl groups is 1. The second-order valence-electron chi connectivity index (χ2n) is 5.87. The molecule has 0 aromatic heterocycles. The molecule has 6 nitrogen and oxygen atoms in total. The molecule has 0 saturated carbocycles. The smallest absolute Gasteiger partial charge is 0.303 e. The average molecular weight is 305 g/mol. The third kappa shape index (κ3) is 2.78. The van der Waals surface area contributed by atoms with Gasteiger partial charge in [-0.2, -0.15) is 0 Å². The van der Waals surface area contributed by atoms with Crippen molar-refractivity contribution in [3.05, 3.63) is 29.3 Å². The zero-order valence-electron chi connectivity index (χ0n) is 12.2. The van der Waals surface area contributed by atoms with Crippen molar-refractivity contribution in [1.82, 2.24) is 4.90 Å². The van der Waals surface area contributed by atoms with E-state index in [1.165, 1.54) is 0 Å². The molecule has 1 aromatic rings. The van der Waals surface area contributed by atoms with Gasteiger partial charge < -0.3 is 19.8 Å². The zero-order chi connectivity index (χ0) is 15.7. The molecule has 6 heteroatoms. The first-order valence-electron chi connectivity index (χ1n) is 7.49. The van der Waals surface area contributed by atoms with Crippen LogP contribution in [0, 0.1) is 5.92 Å². The largest absolute Gasteiger partial charge is 0.493 e. The van der Waals surface area contributed by atoms with Crippen molar-refractivity contribution >= 4 is 11.9 Å². The Morgan fingerprint density at radius 3 is 3.00 bits per heavy atom. The molecule has 1 amide bonds. The predicted octanol–water partition coefficient (Wildman–Crippen LogP) is 0.978. The quantitative estimate of drug-likeness (QED) is 0.866. The maximum atomic E-state index is 12.4. The summed E-state index contributed by atoms with van der Waals surface area (Å²) >= 11 is 0. The lowest BCUT2D eigenvalue weighted by Gasteiger charge is -2.21. The van der Waals surface area contributed by atoms with Crippen molar-refractivity contribution in [3.63, 3.8) is 0 Å². The van der Waals surface area contributed by atoms with Gasteiger partial charge in [0, 0.05) is 31.5 Å². The second-order valence-corrected chi connectivity index (χ2v) is 5.87. The number of para-hydroxylation sites is 1. The molecule has 1 fully saturated rings. The van der Waals surface area contributed by atoms with Crippen molar-refractivity contribution in [2.75, 3.05) is 19.7 Å². The Morgan fingerprint density at radius 1 is 1.41 bits per heavy atom. The van der Waals surface area contributed by atoms with Gasteiger partial charge in [-0.05, 0) is 17.9 Å². The van der Waals surface area contributed by atoms with Gasteiger partial charge in [-0.1, -0.05) is 18.2 Å². The van der Waals surface area contributed by atoms with Crippen molar-refractivity contribution in [2.24, 2.45) is 5.92 Å². The summed E-state index contributed by atoms with van der Waals surface area (Å²) in [4.78, 5) is 24.7. The van der Waals surface area contributed by atoms with Gasteiger partial charge in [-0.25, -0.2) is 0 Å². The Bertz CT molecular complexity index is 600. The third-order valence-corrected chi connectivity index (χ3v) is 4.33. The van der Waals surface area contributed by atoms with Crippen LogP contribution in [-0.2, 0) is 16.0 Å². The Labute approximate surface area is 128 Å². The van der Waals surface area contributed by atoms with E-state index in [1.54, 1.807) is 11.0 Å². The normalized spacial score (nSPS) is 21.3. The number of amides is 1. The lowest BCUT2D eigenvalue weighted by Crippen LogP contribution is -2.33. The van der Waals surface area contributed by atoms with Gasteiger partial charge in [-0.15, -0.1) is 0 Å². The molecule has 0 spiro atoms. The number of carboxylic acid groups (broad SMARTS) is 1. The molecule has 118 valence electrons. The van der Waals surface area contributed by atoms with Crippen LogP contribution in [0.25, 0.3) is 0 Å². The highest BCUT2D eigenvalue weighted by Crippen LogP contribution is 2.34. The topological polar surface area (TPSA) is 87.1 Å². The minimum absolute atomic E-state index is 0.0358. The number of ether oxygens (including phenoxy) is 1. The average Bonchev–Trinajstić information content (AvgIpc) is 3.13. The highest BCUT2D eigenvalue weighted by atomic mass is 16.5. The molecule has 2 aliphatic heterocycles. The SMILES string of the molecule is O=C(O)CC1CCN(C(=O)C(O)c2cccc3c2OCC3)C1. The lowest BCUT2D eigenvalue weighted by molar-refractivity contribution is -0.141. The van der Waals surface area contributed by atoms with Crippen LogP contribution < -0.4 is 4.74 Å². The maximum Gasteiger partial charge on any atom is 0.303 e. The molecule has 0 bridgehead atoms. The Hall–Kier alpha value is -2.08. The number of likely N-dealkylation sites (tertiary alicyclic amines) is 1. The number of fused-ring (bicyclic) bond motifs is 1. The molecule has 0 aliphatic carbocycles. The number of carbonyl (C=O) groups is 2. The molecule has 0 radical (unpaired) electrons. The summed E-state index contributed by atoms with van der Waals surface area (Å²) in [6, 6.07) is 5.45. The van der Waals surface area contributed by atoms with Gasteiger partial charge in [0.05, 0.1) is 6.61 Å². The number of benzene rings is 1. The van der Waals surface area contributed by atoms with Crippen molar-refractivity contribution in [2.45, 2.75) is 25.4 Å². The van der Waals surface area contributed by atoms with E-state index >= 15 is 0 Å². The van der Waals surface area contributed by atoms with Crippen LogP contribution in [-0.4, -0.2) is 46.7 Å². The van der Waals surface area contributed by atoms with Crippen LogP contribution in [0.15, 0.2) is 18.2 Å². The van der Waals surface area contributed by atoms with Crippen molar-refractivity contribution in [1.29, 1.82) is 0 Å². The number of carboxylic acids is 1. The highest BCUT2D eigenvalue weighted by molar-refractivity contribution is 5.83.